The Hall–Kier alpha value is -2.15. The van der Waals surface area contributed by atoms with Crippen LogP contribution in [0.4, 0.5) is 10.5 Å². The molecule has 0 aliphatic heterocycles. The summed E-state index contributed by atoms with van der Waals surface area (Å²) in [5, 5.41) is 11.9. The number of hydrogen-bond donors (Lipinski definition) is 0. The first-order valence-electron chi connectivity index (χ1n) is 7.09. The minimum Gasteiger partial charge on any atom is -0.442 e. The van der Waals surface area contributed by atoms with Crippen LogP contribution < -0.4 is 0 Å². The highest BCUT2D eigenvalue weighted by atomic mass is 16.7. The van der Waals surface area contributed by atoms with Crippen LogP contribution in [0.25, 0.3) is 0 Å². The summed E-state index contributed by atoms with van der Waals surface area (Å²) in [4.78, 5) is 27.7. The Bertz CT molecular complexity index is 525. The van der Waals surface area contributed by atoms with Gasteiger partial charge < -0.3 is 4.74 Å². The zero-order valence-electron chi connectivity index (χ0n) is 13.4. The van der Waals surface area contributed by atoms with Crippen molar-refractivity contribution in [2.75, 3.05) is 6.54 Å². The first kappa shape index (κ1) is 17.9. The van der Waals surface area contributed by atoms with E-state index in [1.54, 1.807) is 32.9 Å². The third-order valence-corrected chi connectivity index (χ3v) is 2.53. The van der Waals surface area contributed by atoms with E-state index in [1.165, 1.54) is 12.1 Å². The van der Waals surface area contributed by atoms with Crippen molar-refractivity contribution in [2.45, 2.75) is 46.3 Å². The van der Waals surface area contributed by atoms with E-state index in [9.17, 15) is 14.9 Å². The first-order chi connectivity index (χ1) is 10.2. The van der Waals surface area contributed by atoms with Crippen LogP contribution in [-0.4, -0.2) is 28.2 Å². The molecule has 0 N–H and O–H groups in total. The summed E-state index contributed by atoms with van der Waals surface area (Å²) in [5.41, 5.74) is -0.0166. The predicted molar refractivity (Wildman–Crippen MR) is 81.1 cm³/mol. The van der Waals surface area contributed by atoms with E-state index in [4.69, 9.17) is 9.57 Å². The molecule has 1 aromatic rings. The molecule has 1 amide bonds. The van der Waals surface area contributed by atoms with E-state index in [-0.39, 0.29) is 12.3 Å². The van der Waals surface area contributed by atoms with Crippen molar-refractivity contribution in [1.29, 1.82) is 0 Å². The van der Waals surface area contributed by atoms with Crippen molar-refractivity contribution < 1.29 is 19.3 Å². The van der Waals surface area contributed by atoms with Crippen LogP contribution in [-0.2, 0) is 16.2 Å². The molecule has 0 radical (unpaired) electrons. The standard InChI is InChI=1S/C15H22N2O5/c1-5-9-16(14(18)22-15(2,3)4)21-11-12-7-6-8-13(10-12)17(19)20/h6-8,10H,5,9,11H2,1-4H3. The van der Waals surface area contributed by atoms with Crippen molar-refractivity contribution >= 4 is 11.8 Å². The van der Waals surface area contributed by atoms with E-state index in [2.05, 4.69) is 0 Å². The van der Waals surface area contributed by atoms with Gasteiger partial charge in [0.25, 0.3) is 5.69 Å². The second kappa shape index (κ2) is 7.74. The Kier molecular flexibility index (Phi) is 6.30. The highest BCUT2D eigenvalue weighted by Crippen LogP contribution is 2.15. The summed E-state index contributed by atoms with van der Waals surface area (Å²) in [7, 11) is 0. The molecule has 0 aliphatic carbocycles. The molecular formula is C15H22N2O5. The minimum absolute atomic E-state index is 0.0135. The lowest BCUT2D eigenvalue weighted by molar-refractivity contribution is -0.385. The monoisotopic (exact) mass is 310 g/mol. The number of hydrogen-bond acceptors (Lipinski definition) is 5. The van der Waals surface area contributed by atoms with Crippen molar-refractivity contribution in [1.82, 2.24) is 5.06 Å². The van der Waals surface area contributed by atoms with Gasteiger partial charge in [0.1, 0.15) is 12.2 Å². The molecule has 7 heteroatoms. The average molecular weight is 310 g/mol. The summed E-state index contributed by atoms with van der Waals surface area (Å²) in [5.74, 6) is 0. The third kappa shape index (κ3) is 6.09. The zero-order chi connectivity index (χ0) is 16.8. The van der Waals surface area contributed by atoms with Gasteiger partial charge in [0.2, 0.25) is 0 Å². The average Bonchev–Trinajstić information content (AvgIpc) is 2.41. The minimum atomic E-state index is -0.613. The highest BCUT2D eigenvalue weighted by molar-refractivity contribution is 5.66. The lowest BCUT2D eigenvalue weighted by atomic mass is 10.2. The number of hydroxylamine groups is 2. The van der Waals surface area contributed by atoms with Gasteiger partial charge in [-0.3, -0.25) is 15.0 Å². The van der Waals surface area contributed by atoms with Crippen LogP contribution in [0.15, 0.2) is 24.3 Å². The predicted octanol–water partition coefficient (Wildman–Crippen LogP) is 3.67. The Morgan fingerprint density at radius 2 is 2.05 bits per heavy atom. The Morgan fingerprint density at radius 3 is 2.59 bits per heavy atom. The molecule has 0 aromatic heterocycles. The molecule has 0 fully saturated rings. The van der Waals surface area contributed by atoms with Crippen molar-refractivity contribution in [3.05, 3.63) is 39.9 Å². The van der Waals surface area contributed by atoms with Gasteiger partial charge in [-0.15, -0.1) is 0 Å². The van der Waals surface area contributed by atoms with Crippen molar-refractivity contribution in [2.24, 2.45) is 0 Å². The van der Waals surface area contributed by atoms with Crippen LogP contribution in [0.3, 0.4) is 0 Å². The van der Waals surface area contributed by atoms with Gasteiger partial charge in [0, 0.05) is 12.1 Å². The fourth-order valence-corrected chi connectivity index (χ4v) is 1.64. The number of carbonyl (C=O) groups is 1. The lowest BCUT2D eigenvalue weighted by Crippen LogP contribution is -2.37. The lowest BCUT2D eigenvalue weighted by Gasteiger charge is -2.26. The summed E-state index contributed by atoms with van der Waals surface area (Å²) < 4.78 is 5.26. The molecule has 122 valence electrons. The number of amides is 1. The molecule has 0 saturated carbocycles. The van der Waals surface area contributed by atoms with E-state index in [0.29, 0.717) is 18.5 Å². The van der Waals surface area contributed by atoms with Crippen molar-refractivity contribution in [3.8, 4) is 0 Å². The van der Waals surface area contributed by atoms with Gasteiger partial charge in [0.15, 0.2) is 0 Å². The Morgan fingerprint density at radius 1 is 1.36 bits per heavy atom. The number of benzene rings is 1. The zero-order valence-corrected chi connectivity index (χ0v) is 13.4. The van der Waals surface area contributed by atoms with Crippen LogP contribution in [0.2, 0.25) is 0 Å². The Labute approximate surface area is 129 Å². The molecule has 0 spiro atoms. The van der Waals surface area contributed by atoms with E-state index < -0.39 is 16.6 Å². The largest absolute Gasteiger partial charge is 0.442 e. The van der Waals surface area contributed by atoms with Gasteiger partial charge in [-0.05, 0) is 32.8 Å². The molecule has 0 heterocycles. The smallest absolute Gasteiger partial charge is 0.434 e. The summed E-state index contributed by atoms with van der Waals surface area (Å²) in [6.45, 7) is 7.67. The maximum Gasteiger partial charge on any atom is 0.434 e. The molecule has 1 aromatic carbocycles. The Balaban J connectivity index is 2.70. The third-order valence-electron chi connectivity index (χ3n) is 2.53. The number of non-ortho nitro benzene ring substituents is 1. The van der Waals surface area contributed by atoms with Gasteiger partial charge in [0.05, 0.1) is 11.5 Å². The quantitative estimate of drug-likeness (QED) is 0.591. The molecule has 7 nitrogen and oxygen atoms in total. The molecule has 0 atom stereocenters. The van der Waals surface area contributed by atoms with Crippen LogP contribution >= 0.6 is 0 Å². The van der Waals surface area contributed by atoms with E-state index in [1.807, 2.05) is 6.92 Å². The SMILES string of the molecule is CCCN(OCc1cccc([N+](=O)[O-])c1)C(=O)OC(C)(C)C. The number of nitro groups is 1. The molecule has 1 rings (SSSR count). The molecular weight excluding hydrogens is 288 g/mol. The number of nitro benzene ring substituents is 1. The maximum atomic E-state index is 12.0. The summed E-state index contributed by atoms with van der Waals surface area (Å²) in [6.07, 6.45) is 0.133. The summed E-state index contributed by atoms with van der Waals surface area (Å²) in [6, 6.07) is 6.10. The van der Waals surface area contributed by atoms with E-state index >= 15 is 0 Å². The maximum absolute atomic E-state index is 12.0. The fourth-order valence-electron chi connectivity index (χ4n) is 1.64. The number of nitrogens with zero attached hydrogens (tertiary/aromatic N) is 2. The van der Waals surface area contributed by atoms with Crippen LogP contribution in [0.1, 0.15) is 39.7 Å². The number of rotatable bonds is 6. The topological polar surface area (TPSA) is 81.9 Å². The normalized spacial score (nSPS) is 11.1. The summed E-state index contributed by atoms with van der Waals surface area (Å²) >= 11 is 0. The second-order valence-corrected chi connectivity index (χ2v) is 5.78. The molecule has 0 unspecified atom stereocenters. The first-order valence-corrected chi connectivity index (χ1v) is 7.09. The van der Waals surface area contributed by atoms with E-state index in [0.717, 1.165) is 5.06 Å². The number of ether oxygens (including phenoxy) is 1. The van der Waals surface area contributed by atoms with Gasteiger partial charge in [-0.25, -0.2) is 4.79 Å². The van der Waals surface area contributed by atoms with Gasteiger partial charge >= 0.3 is 6.09 Å². The molecule has 0 aliphatic rings. The second-order valence-electron chi connectivity index (χ2n) is 5.78. The fraction of sp³-hybridized carbons (Fsp3) is 0.533. The van der Waals surface area contributed by atoms with Crippen molar-refractivity contribution in [3.63, 3.8) is 0 Å². The van der Waals surface area contributed by atoms with Gasteiger partial charge in [-0.2, -0.15) is 5.06 Å². The van der Waals surface area contributed by atoms with Crippen LogP contribution in [0, 0.1) is 10.1 Å². The molecule has 22 heavy (non-hydrogen) atoms. The number of carbonyl (C=O) groups excluding carboxylic acids is 1. The molecule has 0 saturated heterocycles. The molecule has 0 bridgehead atoms. The highest BCUT2D eigenvalue weighted by Gasteiger charge is 2.22. The van der Waals surface area contributed by atoms with Crippen LogP contribution in [0.5, 0.6) is 0 Å². The van der Waals surface area contributed by atoms with Gasteiger partial charge in [-0.1, -0.05) is 19.1 Å².